The Bertz CT molecular complexity index is 378. The summed E-state index contributed by atoms with van der Waals surface area (Å²) in [7, 11) is 0. The van der Waals surface area contributed by atoms with Gasteiger partial charge < -0.3 is 55.1 Å². The summed E-state index contributed by atoms with van der Waals surface area (Å²) >= 11 is 0. The first-order valence-corrected chi connectivity index (χ1v) is 7.08. The SMILES string of the molecule is OCC1O[C@@H](O[C@H]2C(O)C(O)C(O)O[C@H]2CO)C(O)[C@@H](O)[C@@H]1O. The zero-order chi connectivity index (χ0) is 17.3. The first-order chi connectivity index (χ1) is 10.8. The van der Waals surface area contributed by atoms with Gasteiger partial charge in [-0.1, -0.05) is 0 Å². The van der Waals surface area contributed by atoms with Gasteiger partial charge in [0.05, 0.1) is 13.2 Å². The van der Waals surface area contributed by atoms with E-state index in [1.807, 2.05) is 0 Å². The Kier molecular flexibility index (Phi) is 6.27. The zero-order valence-corrected chi connectivity index (χ0v) is 12.0. The predicted molar refractivity (Wildman–Crippen MR) is 68.6 cm³/mol. The van der Waals surface area contributed by atoms with E-state index in [9.17, 15) is 35.7 Å². The molecular formula is C12H22O11. The highest BCUT2D eigenvalue weighted by atomic mass is 16.7. The zero-order valence-electron chi connectivity index (χ0n) is 12.0. The van der Waals surface area contributed by atoms with E-state index >= 15 is 0 Å². The number of ether oxygens (including phenoxy) is 3. The minimum Gasteiger partial charge on any atom is -0.394 e. The average molecular weight is 342 g/mol. The van der Waals surface area contributed by atoms with Gasteiger partial charge in [-0.2, -0.15) is 0 Å². The van der Waals surface area contributed by atoms with Crippen LogP contribution in [0.1, 0.15) is 0 Å². The van der Waals surface area contributed by atoms with Crippen LogP contribution >= 0.6 is 0 Å². The number of hydrogen-bond acceptors (Lipinski definition) is 11. The maximum absolute atomic E-state index is 9.94. The van der Waals surface area contributed by atoms with Crippen LogP contribution in [0.3, 0.4) is 0 Å². The smallest absolute Gasteiger partial charge is 0.187 e. The molecule has 2 saturated heterocycles. The second-order valence-corrected chi connectivity index (χ2v) is 5.53. The van der Waals surface area contributed by atoms with Crippen LogP contribution in [-0.4, -0.2) is 115 Å². The van der Waals surface area contributed by atoms with E-state index in [1.165, 1.54) is 0 Å². The van der Waals surface area contributed by atoms with Gasteiger partial charge in [-0.15, -0.1) is 0 Å². The molecule has 136 valence electrons. The molecule has 0 saturated carbocycles. The van der Waals surface area contributed by atoms with Gasteiger partial charge in [0.25, 0.3) is 0 Å². The molecule has 23 heavy (non-hydrogen) atoms. The van der Waals surface area contributed by atoms with Crippen LogP contribution in [0.5, 0.6) is 0 Å². The molecule has 0 radical (unpaired) electrons. The van der Waals surface area contributed by atoms with Crippen LogP contribution in [0.25, 0.3) is 0 Å². The quantitative estimate of drug-likeness (QED) is 0.243. The van der Waals surface area contributed by atoms with Gasteiger partial charge in [0.1, 0.15) is 48.8 Å². The highest BCUT2D eigenvalue weighted by Crippen LogP contribution is 2.28. The van der Waals surface area contributed by atoms with Crippen molar-refractivity contribution in [2.45, 2.75) is 61.4 Å². The largest absolute Gasteiger partial charge is 0.394 e. The lowest BCUT2D eigenvalue weighted by atomic mass is 9.97. The third kappa shape index (κ3) is 3.65. The molecular weight excluding hydrogens is 320 g/mol. The highest BCUT2D eigenvalue weighted by Gasteiger charge is 2.50. The van der Waals surface area contributed by atoms with Gasteiger partial charge in [-0.05, 0) is 0 Å². The minimum absolute atomic E-state index is 0.667. The summed E-state index contributed by atoms with van der Waals surface area (Å²) in [5.74, 6) is 0. The third-order valence-corrected chi connectivity index (χ3v) is 3.98. The molecule has 10 atom stereocenters. The van der Waals surface area contributed by atoms with Crippen molar-refractivity contribution in [1.29, 1.82) is 0 Å². The molecule has 0 bridgehead atoms. The van der Waals surface area contributed by atoms with E-state index < -0.39 is 74.6 Å². The molecule has 2 fully saturated rings. The van der Waals surface area contributed by atoms with E-state index in [4.69, 9.17) is 19.3 Å². The molecule has 0 spiro atoms. The lowest BCUT2D eigenvalue weighted by molar-refractivity contribution is -0.355. The number of aliphatic hydroxyl groups is 8. The van der Waals surface area contributed by atoms with Gasteiger partial charge in [0, 0.05) is 0 Å². The van der Waals surface area contributed by atoms with Crippen molar-refractivity contribution in [1.82, 2.24) is 0 Å². The average Bonchev–Trinajstić information content (AvgIpc) is 2.55. The molecule has 0 aromatic heterocycles. The Balaban J connectivity index is 2.11. The fourth-order valence-corrected chi connectivity index (χ4v) is 2.57. The van der Waals surface area contributed by atoms with Crippen LogP contribution < -0.4 is 0 Å². The Hall–Kier alpha value is -0.440. The highest BCUT2D eigenvalue weighted by molar-refractivity contribution is 4.93. The second kappa shape index (κ2) is 7.63. The van der Waals surface area contributed by atoms with E-state index in [1.54, 1.807) is 0 Å². The van der Waals surface area contributed by atoms with Gasteiger partial charge in [0.2, 0.25) is 0 Å². The van der Waals surface area contributed by atoms with E-state index in [2.05, 4.69) is 0 Å². The van der Waals surface area contributed by atoms with Crippen LogP contribution in [-0.2, 0) is 14.2 Å². The normalized spacial score (nSPS) is 51.7. The number of aliphatic hydroxyl groups excluding tert-OH is 8. The Labute approximate surface area is 130 Å². The Morgan fingerprint density at radius 2 is 1.26 bits per heavy atom. The van der Waals surface area contributed by atoms with Crippen molar-refractivity contribution < 1.29 is 55.1 Å². The Morgan fingerprint density at radius 1 is 0.652 bits per heavy atom. The van der Waals surface area contributed by atoms with Crippen molar-refractivity contribution in [3.05, 3.63) is 0 Å². The van der Waals surface area contributed by atoms with E-state index in [0.29, 0.717) is 0 Å². The van der Waals surface area contributed by atoms with Crippen molar-refractivity contribution in [3.63, 3.8) is 0 Å². The second-order valence-electron chi connectivity index (χ2n) is 5.53. The lowest BCUT2D eigenvalue weighted by Crippen LogP contribution is -2.64. The maximum Gasteiger partial charge on any atom is 0.187 e. The van der Waals surface area contributed by atoms with E-state index in [-0.39, 0.29) is 0 Å². The van der Waals surface area contributed by atoms with Crippen LogP contribution in [0.2, 0.25) is 0 Å². The summed E-state index contributed by atoms with van der Waals surface area (Å²) in [5.41, 5.74) is 0. The third-order valence-electron chi connectivity index (χ3n) is 3.98. The van der Waals surface area contributed by atoms with Gasteiger partial charge in [0.15, 0.2) is 12.6 Å². The fraction of sp³-hybridized carbons (Fsp3) is 1.00. The van der Waals surface area contributed by atoms with Gasteiger partial charge in [-0.3, -0.25) is 0 Å². The molecule has 2 aliphatic rings. The lowest BCUT2D eigenvalue weighted by Gasteiger charge is -2.45. The molecule has 2 aliphatic heterocycles. The summed E-state index contributed by atoms with van der Waals surface area (Å²) in [6.07, 6.45) is -15.6. The molecule has 11 heteroatoms. The summed E-state index contributed by atoms with van der Waals surface area (Å²) in [5, 5.41) is 76.5. The number of hydrogen-bond donors (Lipinski definition) is 8. The Morgan fingerprint density at radius 3 is 1.83 bits per heavy atom. The van der Waals surface area contributed by atoms with Gasteiger partial charge in [-0.25, -0.2) is 0 Å². The van der Waals surface area contributed by atoms with Crippen molar-refractivity contribution in [3.8, 4) is 0 Å². The first-order valence-electron chi connectivity index (χ1n) is 7.08. The molecule has 5 unspecified atom stereocenters. The first kappa shape index (κ1) is 18.9. The molecule has 0 aromatic rings. The monoisotopic (exact) mass is 342 g/mol. The molecule has 2 rings (SSSR count). The molecule has 0 amide bonds. The molecule has 2 heterocycles. The standard InChI is InChI=1S/C12H22O11/c13-1-3-5(15)6(16)9(19)12(22-3)23-10-4(2-14)21-11(20)8(18)7(10)17/h3-20H,1-2H2/t3?,4-,5+,6-,7?,8?,9?,10+,11?,12-/m0/s1. The molecule has 0 aromatic carbocycles. The summed E-state index contributed by atoms with van der Waals surface area (Å²) in [4.78, 5) is 0. The predicted octanol–water partition coefficient (Wildman–Crippen LogP) is -5.40. The van der Waals surface area contributed by atoms with Crippen LogP contribution in [0.4, 0.5) is 0 Å². The molecule has 11 nitrogen and oxygen atoms in total. The molecule has 8 N–H and O–H groups in total. The van der Waals surface area contributed by atoms with Crippen molar-refractivity contribution in [2.75, 3.05) is 13.2 Å². The van der Waals surface area contributed by atoms with Crippen LogP contribution in [0, 0.1) is 0 Å². The van der Waals surface area contributed by atoms with Crippen LogP contribution in [0.15, 0.2) is 0 Å². The maximum atomic E-state index is 9.94. The number of rotatable bonds is 4. The van der Waals surface area contributed by atoms with Gasteiger partial charge >= 0.3 is 0 Å². The van der Waals surface area contributed by atoms with Crippen molar-refractivity contribution in [2.24, 2.45) is 0 Å². The summed E-state index contributed by atoms with van der Waals surface area (Å²) in [6.45, 7) is -1.35. The topological polar surface area (TPSA) is 190 Å². The summed E-state index contributed by atoms with van der Waals surface area (Å²) in [6, 6.07) is 0. The van der Waals surface area contributed by atoms with Crippen molar-refractivity contribution >= 4 is 0 Å². The summed E-state index contributed by atoms with van der Waals surface area (Å²) < 4.78 is 15.3. The van der Waals surface area contributed by atoms with E-state index in [0.717, 1.165) is 0 Å². The minimum atomic E-state index is -1.74. The fourth-order valence-electron chi connectivity index (χ4n) is 2.57. The molecule has 0 aliphatic carbocycles.